The van der Waals surface area contributed by atoms with Crippen molar-refractivity contribution in [2.45, 2.75) is 57.9 Å². The molecule has 1 saturated carbocycles. The number of urea groups is 1. The second-order valence-electron chi connectivity index (χ2n) is 4.95. The second kappa shape index (κ2) is 7.95. The Kier molecular flexibility index (Phi) is 6.54. The number of carboxylic acids is 1. The summed E-state index contributed by atoms with van der Waals surface area (Å²) in [6.07, 6.45) is 7.57. The van der Waals surface area contributed by atoms with Gasteiger partial charge in [-0.25, -0.2) is 4.79 Å². The quantitative estimate of drug-likeness (QED) is 0.741. The van der Waals surface area contributed by atoms with Crippen LogP contribution in [0, 0.1) is 0 Å². The number of hydrogen-bond donors (Lipinski definition) is 2. The van der Waals surface area contributed by atoms with Gasteiger partial charge < -0.3 is 15.3 Å². The molecule has 0 aromatic rings. The number of nitrogens with one attached hydrogen (secondary N) is 1. The maximum absolute atomic E-state index is 12.0. The molecule has 5 heteroatoms. The molecule has 0 aromatic carbocycles. The van der Waals surface area contributed by atoms with Gasteiger partial charge in [0.05, 0.1) is 0 Å². The highest BCUT2D eigenvalue weighted by Crippen LogP contribution is 2.17. The Balaban J connectivity index is 2.45. The molecule has 2 amide bonds. The van der Waals surface area contributed by atoms with E-state index in [1.807, 2.05) is 6.92 Å². The van der Waals surface area contributed by atoms with E-state index in [0.717, 1.165) is 32.1 Å². The van der Waals surface area contributed by atoms with Crippen molar-refractivity contribution >= 4 is 12.0 Å². The van der Waals surface area contributed by atoms with Crippen LogP contribution in [0.4, 0.5) is 4.79 Å². The molecule has 1 fully saturated rings. The normalized spacial score (nSPS) is 16.9. The number of carbonyl (C=O) groups excluding carboxylic acids is 1. The molecular weight excluding hydrogens is 232 g/mol. The van der Waals surface area contributed by atoms with E-state index in [9.17, 15) is 9.59 Å². The van der Waals surface area contributed by atoms with Crippen molar-refractivity contribution < 1.29 is 14.7 Å². The Morgan fingerprint density at radius 3 is 2.33 bits per heavy atom. The Bertz CT molecular complexity index is 273. The van der Waals surface area contributed by atoms with E-state index < -0.39 is 5.97 Å². The lowest BCUT2D eigenvalue weighted by Crippen LogP contribution is -2.46. The molecule has 0 radical (unpaired) electrons. The molecule has 0 aromatic heterocycles. The van der Waals surface area contributed by atoms with Gasteiger partial charge in [-0.1, -0.05) is 32.6 Å². The minimum absolute atomic E-state index is 0.216. The minimum Gasteiger partial charge on any atom is -0.480 e. The number of aliphatic carboxylic acids is 1. The van der Waals surface area contributed by atoms with Gasteiger partial charge in [0.25, 0.3) is 0 Å². The molecule has 0 saturated heterocycles. The standard InChI is InChI=1S/C13H24N2O3/c1-2-9-15(10-12(16)17)13(18)14-11-7-5-3-4-6-8-11/h11H,2-10H2,1H3,(H,14,18)(H,16,17). The van der Waals surface area contributed by atoms with Crippen LogP contribution in [0.3, 0.4) is 0 Å². The first-order valence-corrected chi connectivity index (χ1v) is 6.90. The number of carbonyl (C=O) groups is 2. The topological polar surface area (TPSA) is 69.6 Å². The van der Waals surface area contributed by atoms with Crippen molar-refractivity contribution in [2.75, 3.05) is 13.1 Å². The zero-order valence-corrected chi connectivity index (χ0v) is 11.2. The molecule has 1 aliphatic carbocycles. The molecule has 0 bridgehead atoms. The van der Waals surface area contributed by atoms with Crippen molar-refractivity contribution in [3.8, 4) is 0 Å². The van der Waals surface area contributed by atoms with E-state index in [4.69, 9.17) is 5.11 Å². The second-order valence-corrected chi connectivity index (χ2v) is 4.95. The van der Waals surface area contributed by atoms with Gasteiger partial charge in [0.1, 0.15) is 6.54 Å². The molecule has 0 atom stereocenters. The van der Waals surface area contributed by atoms with Crippen LogP contribution in [0.5, 0.6) is 0 Å². The van der Waals surface area contributed by atoms with E-state index in [1.165, 1.54) is 17.7 Å². The molecule has 0 unspecified atom stereocenters. The van der Waals surface area contributed by atoms with Crippen molar-refractivity contribution in [3.63, 3.8) is 0 Å². The summed E-state index contributed by atoms with van der Waals surface area (Å²) in [6.45, 7) is 2.21. The van der Waals surface area contributed by atoms with Crippen LogP contribution in [-0.2, 0) is 4.79 Å². The first-order valence-electron chi connectivity index (χ1n) is 6.90. The van der Waals surface area contributed by atoms with E-state index in [1.54, 1.807) is 0 Å². The average molecular weight is 256 g/mol. The van der Waals surface area contributed by atoms with Gasteiger partial charge >= 0.3 is 12.0 Å². The van der Waals surface area contributed by atoms with Gasteiger partial charge in [-0.2, -0.15) is 0 Å². The Morgan fingerprint density at radius 2 is 1.83 bits per heavy atom. The van der Waals surface area contributed by atoms with Crippen LogP contribution in [-0.4, -0.2) is 41.1 Å². The predicted molar refractivity (Wildman–Crippen MR) is 69.5 cm³/mol. The summed E-state index contributed by atoms with van der Waals surface area (Å²) in [4.78, 5) is 24.1. The summed E-state index contributed by atoms with van der Waals surface area (Å²) in [6, 6.07) is -0.0145. The monoisotopic (exact) mass is 256 g/mol. The molecular formula is C13H24N2O3. The number of nitrogens with zero attached hydrogens (tertiary/aromatic N) is 1. The Morgan fingerprint density at radius 1 is 1.22 bits per heavy atom. The molecule has 0 heterocycles. The highest BCUT2D eigenvalue weighted by atomic mass is 16.4. The van der Waals surface area contributed by atoms with Gasteiger partial charge in [-0.3, -0.25) is 4.79 Å². The summed E-state index contributed by atoms with van der Waals surface area (Å²) in [5, 5.41) is 11.8. The third kappa shape index (κ3) is 5.38. The van der Waals surface area contributed by atoms with Gasteiger partial charge in [0.2, 0.25) is 0 Å². The summed E-state index contributed by atoms with van der Waals surface area (Å²) in [5.41, 5.74) is 0. The highest BCUT2D eigenvalue weighted by Gasteiger charge is 2.20. The molecule has 0 spiro atoms. The first-order chi connectivity index (χ1) is 8.63. The van der Waals surface area contributed by atoms with E-state index in [0.29, 0.717) is 6.54 Å². The fourth-order valence-corrected chi connectivity index (χ4v) is 2.38. The Hall–Kier alpha value is -1.26. The molecule has 104 valence electrons. The highest BCUT2D eigenvalue weighted by molar-refractivity contribution is 5.80. The zero-order valence-electron chi connectivity index (χ0n) is 11.2. The van der Waals surface area contributed by atoms with E-state index in [-0.39, 0.29) is 18.6 Å². The maximum atomic E-state index is 12.0. The molecule has 18 heavy (non-hydrogen) atoms. The Labute approximate surface area is 109 Å². The summed E-state index contributed by atoms with van der Waals surface area (Å²) in [5.74, 6) is -0.959. The van der Waals surface area contributed by atoms with Gasteiger partial charge in [-0.15, -0.1) is 0 Å². The van der Waals surface area contributed by atoms with Gasteiger partial charge in [0, 0.05) is 12.6 Å². The number of rotatable bonds is 5. The third-order valence-corrected chi connectivity index (χ3v) is 3.29. The third-order valence-electron chi connectivity index (χ3n) is 3.29. The molecule has 1 rings (SSSR count). The van der Waals surface area contributed by atoms with Crippen LogP contribution < -0.4 is 5.32 Å². The fourth-order valence-electron chi connectivity index (χ4n) is 2.38. The molecule has 0 aliphatic heterocycles. The summed E-state index contributed by atoms with van der Waals surface area (Å²) < 4.78 is 0. The van der Waals surface area contributed by atoms with Gasteiger partial charge in [-0.05, 0) is 19.3 Å². The summed E-state index contributed by atoms with van der Waals surface area (Å²) in [7, 11) is 0. The van der Waals surface area contributed by atoms with Crippen LogP contribution in [0.25, 0.3) is 0 Å². The smallest absolute Gasteiger partial charge is 0.323 e. The van der Waals surface area contributed by atoms with Crippen LogP contribution in [0.15, 0.2) is 0 Å². The first kappa shape index (κ1) is 14.8. The van der Waals surface area contributed by atoms with Crippen molar-refractivity contribution in [1.29, 1.82) is 0 Å². The van der Waals surface area contributed by atoms with Crippen molar-refractivity contribution in [3.05, 3.63) is 0 Å². The van der Waals surface area contributed by atoms with Crippen LogP contribution >= 0.6 is 0 Å². The number of hydrogen-bond acceptors (Lipinski definition) is 2. The molecule has 2 N–H and O–H groups in total. The number of carboxylic acid groups (broad SMARTS) is 1. The predicted octanol–water partition coefficient (Wildman–Crippen LogP) is 2.22. The lowest BCUT2D eigenvalue weighted by atomic mass is 10.1. The maximum Gasteiger partial charge on any atom is 0.323 e. The zero-order chi connectivity index (χ0) is 13.4. The lowest BCUT2D eigenvalue weighted by Gasteiger charge is -2.24. The van der Waals surface area contributed by atoms with Crippen LogP contribution in [0.2, 0.25) is 0 Å². The lowest BCUT2D eigenvalue weighted by molar-refractivity contribution is -0.137. The fraction of sp³-hybridized carbons (Fsp3) is 0.846. The van der Waals surface area contributed by atoms with Crippen molar-refractivity contribution in [1.82, 2.24) is 10.2 Å². The van der Waals surface area contributed by atoms with E-state index in [2.05, 4.69) is 5.32 Å². The molecule has 1 aliphatic rings. The number of amides is 2. The van der Waals surface area contributed by atoms with Gasteiger partial charge in [0.15, 0.2) is 0 Å². The molecule has 5 nitrogen and oxygen atoms in total. The largest absolute Gasteiger partial charge is 0.480 e. The summed E-state index contributed by atoms with van der Waals surface area (Å²) >= 11 is 0. The van der Waals surface area contributed by atoms with Crippen molar-refractivity contribution in [2.24, 2.45) is 0 Å². The minimum atomic E-state index is -0.959. The van der Waals surface area contributed by atoms with E-state index >= 15 is 0 Å². The SMILES string of the molecule is CCCN(CC(=O)O)C(=O)NC1CCCCCC1. The van der Waals surface area contributed by atoms with Crippen LogP contribution in [0.1, 0.15) is 51.9 Å². The average Bonchev–Trinajstić information content (AvgIpc) is 2.56.